The molecule has 0 radical (unpaired) electrons. The summed E-state index contributed by atoms with van der Waals surface area (Å²) < 4.78 is 0. The van der Waals surface area contributed by atoms with Crippen molar-refractivity contribution >= 4 is 12.2 Å². The Hall–Kier alpha value is -2.08. The topological polar surface area (TPSA) is 0 Å². The van der Waals surface area contributed by atoms with Gasteiger partial charge in [-0.15, -0.1) is 0 Å². The Morgan fingerprint density at radius 3 is 1.57 bits per heavy atom. The quantitative estimate of drug-likeness (QED) is 0.664. The van der Waals surface area contributed by atoms with Crippen molar-refractivity contribution in [2.75, 3.05) is 0 Å². The van der Waals surface area contributed by atoms with Crippen molar-refractivity contribution in [2.45, 2.75) is 25.7 Å². The Labute approximate surface area is 126 Å². The highest BCUT2D eigenvalue weighted by molar-refractivity contribution is 5.66. The van der Waals surface area contributed by atoms with Crippen LogP contribution in [0.25, 0.3) is 12.2 Å². The first-order chi connectivity index (χ1) is 10.2. The summed E-state index contributed by atoms with van der Waals surface area (Å²) in [5.41, 5.74) is 5.88. The lowest BCUT2D eigenvalue weighted by molar-refractivity contribution is 0.292. The first kappa shape index (κ1) is 12.6. The maximum atomic E-state index is 2.40. The first-order valence-electron chi connectivity index (χ1n) is 7.72. The summed E-state index contributed by atoms with van der Waals surface area (Å²) >= 11 is 0. The van der Waals surface area contributed by atoms with Crippen LogP contribution in [0.15, 0.2) is 60.7 Å². The molecule has 0 bridgehead atoms. The fourth-order valence-corrected chi connectivity index (χ4v) is 3.99. The Balaban J connectivity index is 1.76. The fraction of sp³-hybridized carbons (Fsp3) is 0.238. The van der Waals surface area contributed by atoms with E-state index in [9.17, 15) is 0 Å². The van der Waals surface area contributed by atoms with Gasteiger partial charge < -0.3 is 0 Å². The highest BCUT2D eigenvalue weighted by atomic mass is 14.4. The molecule has 0 saturated carbocycles. The Morgan fingerprint density at radius 2 is 1.10 bits per heavy atom. The van der Waals surface area contributed by atoms with Gasteiger partial charge in [0, 0.05) is 11.8 Å². The van der Waals surface area contributed by atoms with E-state index < -0.39 is 0 Å². The zero-order valence-corrected chi connectivity index (χ0v) is 12.6. The van der Waals surface area contributed by atoms with Crippen molar-refractivity contribution in [3.63, 3.8) is 0 Å². The monoisotopic (exact) mass is 272 g/mol. The van der Waals surface area contributed by atoms with Crippen LogP contribution in [0.2, 0.25) is 0 Å². The smallest absolute Gasteiger partial charge is 0.00872 e. The van der Waals surface area contributed by atoms with Gasteiger partial charge in [-0.05, 0) is 27.7 Å². The van der Waals surface area contributed by atoms with Crippen LogP contribution in [0.4, 0.5) is 0 Å². The van der Waals surface area contributed by atoms with Gasteiger partial charge in [-0.25, -0.2) is 0 Å². The largest absolute Gasteiger partial charge is 0.0758 e. The number of hydrogen-bond donors (Lipinski definition) is 0. The van der Waals surface area contributed by atoms with Crippen molar-refractivity contribution in [1.29, 1.82) is 0 Å². The Morgan fingerprint density at radius 1 is 0.667 bits per heavy atom. The van der Waals surface area contributed by atoms with Crippen LogP contribution in [0.5, 0.6) is 0 Å². The first-order valence-corrected chi connectivity index (χ1v) is 7.72. The summed E-state index contributed by atoms with van der Waals surface area (Å²) in [4.78, 5) is 0. The van der Waals surface area contributed by atoms with Crippen LogP contribution >= 0.6 is 0 Å². The lowest BCUT2D eigenvalue weighted by Crippen LogP contribution is -2.26. The van der Waals surface area contributed by atoms with E-state index in [1.807, 2.05) is 0 Å². The summed E-state index contributed by atoms with van der Waals surface area (Å²) in [5.74, 6) is 0.962. The van der Waals surface area contributed by atoms with Crippen molar-refractivity contribution in [2.24, 2.45) is 5.41 Å². The van der Waals surface area contributed by atoms with Gasteiger partial charge in [-0.2, -0.15) is 0 Å². The van der Waals surface area contributed by atoms with Gasteiger partial charge in [0.1, 0.15) is 0 Å². The molecular formula is C21H20. The van der Waals surface area contributed by atoms with E-state index in [0.717, 1.165) is 0 Å². The third kappa shape index (κ3) is 1.82. The molecule has 0 nitrogen and oxygen atoms in total. The average Bonchev–Trinajstić information content (AvgIpc) is 3.12. The van der Waals surface area contributed by atoms with Crippen molar-refractivity contribution in [1.82, 2.24) is 0 Å². The number of fused-ring (bicyclic) bond motifs is 2. The summed E-state index contributed by atoms with van der Waals surface area (Å²) in [5, 5.41) is 0. The second kappa shape index (κ2) is 4.46. The Kier molecular flexibility index (Phi) is 2.68. The molecule has 0 heterocycles. The van der Waals surface area contributed by atoms with E-state index in [1.54, 1.807) is 0 Å². The number of benzene rings is 2. The van der Waals surface area contributed by atoms with E-state index in [0.29, 0.717) is 11.8 Å². The van der Waals surface area contributed by atoms with Crippen LogP contribution in [0.3, 0.4) is 0 Å². The summed E-state index contributed by atoms with van der Waals surface area (Å²) in [6.45, 7) is 4.81. The molecule has 2 aliphatic rings. The zero-order valence-electron chi connectivity index (χ0n) is 12.6. The molecule has 0 heteroatoms. The van der Waals surface area contributed by atoms with Gasteiger partial charge in [-0.3, -0.25) is 0 Å². The molecule has 0 saturated heterocycles. The number of rotatable bonds is 2. The molecular weight excluding hydrogens is 252 g/mol. The van der Waals surface area contributed by atoms with Crippen LogP contribution in [-0.2, 0) is 0 Å². The van der Waals surface area contributed by atoms with Gasteiger partial charge in [0.2, 0.25) is 0 Å². The Bertz CT molecular complexity index is 683. The summed E-state index contributed by atoms with van der Waals surface area (Å²) in [6, 6.07) is 17.6. The lowest BCUT2D eigenvalue weighted by atomic mass is 9.66. The normalized spacial score (nSPS) is 22.4. The van der Waals surface area contributed by atoms with Gasteiger partial charge in [0.25, 0.3) is 0 Å². The summed E-state index contributed by atoms with van der Waals surface area (Å²) in [6.07, 6.45) is 9.34. The second-order valence-electron chi connectivity index (χ2n) is 6.75. The zero-order chi connectivity index (χ0) is 14.4. The number of hydrogen-bond acceptors (Lipinski definition) is 0. The molecule has 0 N–H and O–H groups in total. The van der Waals surface area contributed by atoms with Crippen LogP contribution in [-0.4, -0.2) is 0 Å². The predicted molar refractivity (Wildman–Crippen MR) is 90.2 cm³/mol. The molecule has 0 aliphatic heterocycles. The van der Waals surface area contributed by atoms with Crippen molar-refractivity contribution in [3.05, 3.63) is 82.9 Å². The minimum absolute atomic E-state index is 0.173. The molecule has 0 amide bonds. The van der Waals surface area contributed by atoms with Gasteiger partial charge in [0.05, 0.1) is 0 Å². The number of allylic oxidation sites excluding steroid dienone is 2. The maximum absolute atomic E-state index is 2.40. The van der Waals surface area contributed by atoms with Gasteiger partial charge in [0.15, 0.2) is 0 Å². The molecule has 2 aliphatic carbocycles. The third-order valence-corrected chi connectivity index (χ3v) is 5.20. The molecule has 104 valence electrons. The van der Waals surface area contributed by atoms with Crippen molar-refractivity contribution in [3.8, 4) is 0 Å². The minimum atomic E-state index is 0.173. The van der Waals surface area contributed by atoms with Crippen LogP contribution in [0, 0.1) is 5.41 Å². The molecule has 0 aromatic heterocycles. The molecule has 4 rings (SSSR count). The predicted octanol–water partition coefficient (Wildman–Crippen LogP) is 5.63. The standard InChI is InChI=1S/C21H20/c1-21(2,19-13-11-15-7-3-5-9-17(15)19)20-14-12-16-8-4-6-10-18(16)20/h3-14,19-20H,1-2H3/t19-,20-/m1/s1. The van der Waals surface area contributed by atoms with Gasteiger partial charge in [-0.1, -0.05) is 86.7 Å². The minimum Gasteiger partial charge on any atom is -0.0758 e. The second-order valence-corrected chi connectivity index (χ2v) is 6.75. The van der Waals surface area contributed by atoms with Gasteiger partial charge >= 0.3 is 0 Å². The highest BCUT2D eigenvalue weighted by Gasteiger charge is 2.40. The molecule has 21 heavy (non-hydrogen) atoms. The van der Waals surface area contributed by atoms with Crippen LogP contribution < -0.4 is 0 Å². The molecule has 0 fully saturated rings. The molecule has 2 aromatic rings. The van der Waals surface area contributed by atoms with E-state index in [-0.39, 0.29) is 5.41 Å². The van der Waals surface area contributed by atoms with Crippen molar-refractivity contribution < 1.29 is 0 Å². The molecule has 2 atom stereocenters. The van der Waals surface area contributed by atoms with E-state index in [2.05, 4.69) is 86.7 Å². The molecule has 0 spiro atoms. The maximum Gasteiger partial charge on any atom is 0.00872 e. The molecule has 2 aromatic carbocycles. The highest BCUT2D eigenvalue weighted by Crippen LogP contribution is 2.53. The average molecular weight is 272 g/mol. The fourth-order valence-electron chi connectivity index (χ4n) is 3.99. The SMILES string of the molecule is CC(C)([C@@H]1C=Cc2ccccc21)[C@@H]1C=Cc2ccccc21. The van der Waals surface area contributed by atoms with Crippen LogP contribution in [0.1, 0.15) is 47.9 Å². The molecule has 0 unspecified atom stereocenters. The van der Waals surface area contributed by atoms with E-state index in [4.69, 9.17) is 0 Å². The van der Waals surface area contributed by atoms with E-state index >= 15 is 0 Å². The third-order valence-electron chi connectivity index (χ3n) is 5.20. The summed E-state index contributed by atoms with van der Waals surface area (Å²) in [7, 11) is 0. The van der Waals surface area contributed by atoms with E-state index in [1.165, 1.54) is 22.3 Å². The lowest BCUT2D eigenvalue weighted by Gasteiger charge is -2.37.